The topological polar surface area (TPSA) is 89.5 Å². The first-order valence-electron chi connectivity index (χ1n) is 6.45. The SMILES string of the molecule is CCN(C(=O)c1ccc([N+](=O)[O-])c(N)c1)c1ccccc1. The highest BCUT2D eigenvalue weighted by atomic mass is 16.6. The lowest BCUT2D eigenvalue weighted by Crippen LogP contribution is -2.30. The molecule has 0 heterocycles. The van der Waals surface area contributed by atoms with Crippen LogP contribution in [0, 0.1) is 10.1 Å². The molecule has 1 amide bonds. The van der Waals surface area contributed by atoms with Gasteiger partial charge in [-0.3, -0.25) is 14.9 Å². The van der Waals surface area contributed by atoms with Crippen molar-refractivity contribution in [3.05, 3.63) is 64.2 Å². The van der Waals surface area contributed by atoms with Crippen molar-refractivity contribution < 1.29 is 9.72 Å². The van der Waals surface area contributed by atoms with Crippen molar-refractivity contribution in [2.24, 2.45) is 0 Å². The molecule has 6 nitrogen and oxygen atoms in total. The zero-order valence-corrected chi connectivity index (χ0v) is 11.5. The normalized spacial score (nSPS) is 10.1. The first-order valence-corrected chi connectivity index (χ1v) is 6.45. The van der Waals surface area contributed by atoms with Gasteiger partial charge in [0.15, 0.2) is 0 Å². The van der Waals surface area contributed by atoms with Gasteiger partial charge in [-0.1, -0.05) is 18.2 Å². The van der Waals surface area contributed by atoms with Crippen molar-refractivity contribution in [3.63, 3.8) is 0 Å². The minimum absolute atomic E-state index is 0.0186. The van der Waals surface area contributed by atoms with E-state index in [0.717, 1.165) is 5.69 Å². The number of nitro groups is 1. The number of para-hydroxylation sites is 1. The summed E-state index contributed by atoms with van der Waals surface area (Å²) in [5.74, 6) is -0.245. The predicted octanol–water partition coefficient (Wildman–Crippen LogP) is 2.84. The van der Waals surface area contributed by atoms with Gasteiger partial charge in [0.2, 0.25) is 0 Å². The number of benzene rings is 2. The van der Waals surface area contributed by atoms with Crippen molar-refractivity contribution >= 4 is 23.0 Å². The van der Waals surface area contributed by atoms with Gasteiger partial charge in [0, 0.05) is 23.9 Å². The third-order valence-corrected chi connectivity index (χ3v) is 3.10. The smallest absolute Gasteiger partial charge is 0.292 e. The zero-order chi connectivity index (χ0) is 15.4. The molecule has 0 saturated heterocycles. The van der Waals surface area contributed by atoms with Crippen LogP contribution in [0.1, 0.15) is 17.3 Å². The predicted molar refractivity (Wildman–Crippen MR) is 81.3 cm³/mol. The Morgan fingerprint density at radius 3 is 2.43 bits per heavy atom. The third kappa shape index (κ3) is 3.00. The highest BCUT2D eigenvalue weighted by Gasteiger charge is 2.19. The van der Waals surface area contributed by atoms with E-state index in [-0.39, 0.29) is 17.3 Å². The van der Waals surface area contributed by atoms with Crippen LogP contribution in [0.5, 0.6) is 0 Å². The van der Waals surface area contributed by atoms with Crippen LogP contribution in [0.2, 0.25) is 0 Å². The summed E-state index contributed by atoms with van der Waals surface area (Å²) in [6, 6.07) is 13.2. The molecule has 6 heteroatoms. The molecule has 0 radical (unpaired) electrons. The van der Waals surface area contributed by atoms with E-state index in [0.29, 0.717) is 12.1 Å². The number of rotatable bonds is 4. The molecule has 0 fully saturated rings. The van der Waals surface area contributed by atoms with Gasteiger partial charge in [0.1, 0.15) is 5.69 Å². The maximum absolute atomic E-state index is 12.5. The summed E-state index contributed by atoms with van der Waals surface area (Å²) in [6.07, 6.45) is 0. The number of nitro benzene ring substituents is 1. The van der Waals surface area contributed by atoms with E-state index < -0.39 is 4.92 Å². The fourth-order valence-electron chi connectivity index (χ4n) is 2.06. The minimum Gasteiger partial charge on any atom is -0.393 e. The minimum atomic E-state index is -0.571. The van der Waals surface area contributed by atoms with E-state index in [9.17, 15) is 14.9 Å². The Labute approximate surface area is 121 Å². The summed E-state index contributed by atoms with van der Waals surface area (Å²) in [5, 5.41) is 10.7. The Hall–Kier alpha value is -2.89. The number of nitrogens with zero attached hydrogens (tertiary/aromatic N) is 2. The monoisotopic (exact) mass is 285 g/mol. The van der Waals surface area contributed by atoms with E-state index in [4.69, 9.17) is 5.73 Å². The Morgan fingerprint density at radius 1 is 1.24 bits per heavy atom. The van der Waals surface area contributed by atoms with Gasteiger partial charge in [-0.2, -0.15) is 0 Å². The molecule has 2 aromatic carbocycles. The quantitative estimate of drug-likeness (QED) is 0.531. The lowest BCUT2D eigenvalue weighted by molar-refractivity contribution is -0.383. The van der Waals surface area contributed by atoms with Crippen molar-refractivity contribution in [2.75, 3.05) is 17.2 Å². The molecular weight excluding hydrogens is 270 g/mol. The van der Waals surface area contributed by atoms with E-state index in [1.54, 1.807) is 4.90 Å². The molecule has 0 atom stereocenters. The van der Waals surface area contributed by atoms with Gasteiger partial charge in [0.25, 0.3) is 11.6 Å². The van der Waals surface area contributed by atoms with Crippen molar-refractivity contribution in [1.82, 2.24) is 0 Å². The zero-order valence-electron chi connectivity index (χ0n) is 11.5. The van der Waals surface area contributed by atoms with Gasteiger partial charge < -0.3 is 10.6 Å². The van der Waals surface area contributed by atoms with Gasteiger partial charge >= 0.3 is 0 Å². The summed E-state index contributed by atoms with van der Waals surface area (Å²) >= 11 is 0. The van der Waals surface area contributed by atoms with Crippen molar-refractivity contribution in [1.29, 1.82) is 0 Å². The van der Waals surface area contributed by atoms with Crippen LogP contribution >= 0.6 is 0 Å². The molecule has 0 unspecified atom stereocenters. The summed E-state index contributed by atoms with van der Waals surface area (Å²) < 4.78 is 0. The van der Waals surface area contributed by atoms with Crippen LogP contribution in [0.4, 0.5) is 17.1 Å². The molecule has 0 aromatic heterocycles. The lowest BCUT2D eigenvalue weighted by atomic mass is 10.1. The Kier molecular flexibility index (Phi) is 4.18. The highest BCUT2D eigenvalue weighted by Crippen LogP contribution is 2.24. The van der Waals surface area contributed by atoms with Crippen LogP contribution in [0.25, 0.3) is 0 Å². The molecule has 108 valence electrons. The number of hydrogen-bond donors (Lipinski definition) is 1. The van der Waals surface area contributed by atoms with Gasteiger partial charge in [-0.05, 0) is 31.2 Å². The summed E-state index contributed by atoms with van der Waals surface area (Å²) in [6.45, 7) is 2.35. The molecule has 2 rings (SSSR count). The fraction of sp³-hybridized carbons (Fsp3) is 0.133. The lowest BCUT2D eigenvalue weighted by Gasteiger charge is -2.21. The maximum atomic E-state index is 12.5. The maximum Gasteiger partial charge on any atom is 0.292 e. The Morgan fingerprint density at radius 2 is 1.90 bits per heavy atom. The highest BCUT2D eigenvalue weighted by molar-refractivity contribution is 6.06. The average molecular weight is 285 g/mol. The van der Waals surface area contributed by atoms with Crippen LogP contribution in [0.15, 0.2) is 48.5 Å². The number of carbonyl (C=O) groups is 1. The van der Waals surface area contributed by atoms with E-state index in [1.807, 2.05) is 37.3 Å². The number of amides is 1. The van der Waals surface area contributed by atoms with E-state index in [2.05, 4.69) is 0 Å². The molecule has 2 N–H and O–H groups in total. The molecule has 0 aliphatic heterocycles. The van der Waals surface area contributed by atoms with Crippen molar-refractivity contribution in [2.45, 2.75) is 6.92 Å². The van der Waals surface area contributed by atoms with Crippen LogP contribution in [-0.2, 0) is 0 Å². The number of anilines is 2. The Bertz CT molecular complexity index is 671. The number of carbonyl (C=O) groups excluding carboxylic acids is 1. The number of nitrogen functional groups attached to an aromatic ring is 1. The van der Waals surface area contributed by atoms with Gasteiger partial charge in [0.05, 0.1) is 4.92 Å². The number of nitrogens with two attached hydrogens (primary N) is 1. The van der Waals surface area contributed by atoms with E-state index >= 15 is 0 Å². The standard InChI is InChI=1S/C15H15N3O3/c1-2-17(12-6-4-3-5-7-12)15(19)11-8-9-14(18(20)21)13(16)10-11/h3-10H,2,16H2,1H3. The third-order valence-electron chi connectivity index (χ3n) is 3.10. The molecular formula is C15H15N3O3. The van der Waals surface area contributed by atoms with Gasteiger partial charge in [-0.15, -0.1) is 0 Å². The summed E-state index contributed by atoms with van der Waals surface area (Å²) in [4.78, 5) is 24.3. The Balaban J connectivity index is 2.35. The van der Waals surface area contributed by atoms with Crippen LogP contribution in [0.3, 0.4) is 0 Å². The molecule has 0 bridgehead atoms. The molecule has 2 aromatic rings. The van der Waals surface area contributed by atoms with Crippen LogP contribution in [-0.4, -0.2) is 17.4 Å². The van der Waals surface area contributed by atoms with Gasteiger partial charge in [-0.25, -0.2) is 0 Å². The average Bonchev–Trinajstić information content (AvgIpc) is 2.48. The molecule has 21 heavy (non-hydrogen) atoms. The number of hydrogen-bond acceptors (Lipinski definition) is 4. The fourth-order valence-corrected chi connectivity index (χ4v) is 2.06. The molecule has 0 aliphatic carbocycles. The first kappa shape index (κ1) is 14.5. The van der Waals surface area contributed by atoms with E-state index in [1.165, 1.54) is 18.2 Å². The summed E-state index contributed by atoms with van der Waals surface area (Å²) in [7, 11) is 0. The first-order chi connectivity index (χ1) is 10.0. The second kappa shape index (κ2) is 6.04. The second-order valence-corrected chi connectivity index (χ2v) is 4.42. The molecule has 0 saturated carbocycles. The largest absolute Gasteiger partial charge is 0.393 e. The summed E-state index contributed by atoms with van der Waals surface area (Å²) in [5.41, 5.74) is 6.50. The molecule has 0 aliphatic rings. The van der Waals surface area contributed by atoms with Crippen LogP contribution < -0.4 is 10.6 Å². The van der Waals surface area contributed by atoms with Crippen molar-refractivity contribution in [3.8, 4) is 0 Å². The second-order valence-electron chi connectivity index (χ2n) is 4.42. The molecule has 0 spiro atoms.